The molecule has 1 spiro atoms. The number of unbranched alkanes of at least 4 members (excludes halogenated alkanes) is 1. The molecule has 2 rings (SSSR count). The third-order valence-electron chi connectivity index (χ3n) is 4.14. The number of piperidine rings is 1. The molecule has 5 nitrogen and oxygen atoms in total. The summed E-state index contributed by atoms with van der Waals surface area (Å²) in [6, 6.07) is 0. The second kappa shape index (κ2) is 6.30. The topological polar surface area (TPSA) is 54.3 Å². The van der Waals surface area contributed by atoms with Crippen molar-refractivity contribution < 1.29 is 9.53 Å². The van der Waals surface area contributed by atoms with E-state index in [2.05, 4.69) is 42.9 Å². The molecule has 0 aromatic rings. The zero-order chi connectivity index (χ0) is 15.5. The summed E-state index contributed by atoms with van der Waals surface area (Å²) in [5.41, 5.74) is -0.157. The van der Waals surface area contributed by atoms with Crippen molar-refractivity contribution >= 4 is 14.2 Å². The van der Waals surface area contributed by atoms with E-state index in [-0.39, 0.29) is 11.6 Å². The van der Waals surface area contributed by atoms with Crippen molar-refractivity contribution in [2.45, 2.75) is 57.8 Å². The first-order valence-electron chi connectivity index (χ1n) is 7.94. The molecule has 0 aromatic carbocycles. The van der Waals surface area contributed by atoms with Crippen LogP contribution in [0.3, 0.4) is 0 Å². The maximum atomic E-state index is 11.9. The maximum Gasteiger partial charge on any atom is 0.409 e. The Morgan fingerprint density at radius 1 is 1.38 bits per heavy atom. The van der Waals surface area contributed by atoms with Crippen LogP contribution in [0, 0.1) is 0 Å². The van der Waals surface area contributed by atoms with Gasteiger partial charge in [0.1, 0.15) is 13.6 Å². The minimum Gasteiger partial charge on any atom is -0.449 e. The third kappa shape index (κ3) is 3.93. The fraction of sp³-hybridized carbons (Fsp3) is 0.800. The molecule has 118 valence electrons. The fourth-order valence-corrected chi connectivity index (χ4v) is 3.60. The van der Waals surface area contributed by atoms with Gasteiger partial charge < -0.3 is 9.64 Å². The van der Waals surface area contributed by atoms with Gasteiger partial charge in [-0.25, -0.2) is 4.79 Å². The van der Waals surface area contributed by atoms with Crippen molar-refractivity contribution in [2.75, 3.05) is 19.7 Å². The molecule has 1 amide bonds. The van der Waals surface area contributed by atoms with Gasteiger partial charge in [0.05, 0.1) is 6.61 Å². The minimum absolute atomic E-state index is 0.157. The number of likely N-dealkylation sites (tertiary alicyclic amines) is 1. The first kappa shape index (κ1) is 16.2. The predicted molar refractivity (Wildman–Crippen MR) is 86.1 cm³/mol. The first-order valence-corrected chi connectivity index (χ1v) is 11.4. The molecule has 2 heterocycles. The molecule has 1 fully saturated rings. The van der Waals surface area contributed by atoms with Gasteiger partial charge in [0.15, 0.2) is 0 Å². The Hall–Kier alpha value is -1.17. The Labute approximate surface area is 128 Å². The smallest absolute Gasteiger partial charge is 0.409 e. The maximum absolute atomic E-state index is 11.9. The average Bonchev–Trinajstić information content (AvgIpc) is 2.84. The van der Waals surface area contributed by atoms with Gasteiger partial charge in [0.25, 0.3) is 0 Å². The van der Waals surface area contributed by atoms with Crippen molar-refractivity contribution in [3.8, 4) is 0 Å². The number of hydrogen-bond acceptors (Lipinski definition) is 4. The van der Waals surface area contributed by atoms with E-state index in [0.29, 0.717) is 19.7 Å². The highest BCUT2D eigenvalue weighted by atomic mass is 28.3. The van der Waals surface area contributed by atoms with Gasteiger partial charge in [-0.2, -0.15) is 10.2 Å². The van der Waals surface area contributed by atoms with Gasteiger partial charge in [-0.05, 0) is 25.3 Å². The Bertz CT molecular complexity index is 446. The third-order valence-corrected chi connectivity index (χ3v) is 5.92. The van der Waals surface area contributed by atoms with Crippen molar-refractivity contribution in [2.24, 2.45) is 10.2 Å². The largest absolute Gasteiger partial charge is 0.449 e. The van der Waals surface area contributed by atoms with E-state index in [9.17, 15) is 4.79 Å². The van der Waals surface area contributed by atoms with E-state index < -0.39 is 8.07 Å². The van der Waals surface area contributed by atoms with E-state index in [4.69, 9.17) is 4.74 Å². The van der Waals surface area contributed by atoms with E-state index >= 15 is 0 Å². The van der Waals surface area contributed by atoms with Crippen molar-refractivity contribution in [1.82, 2.24) is 4.90 Å². The number of azo groups is 1. The molecule has 6 heteroatoms. The summed E-state index contributed by atoms with van der Waals surface area (Å²) >= 11 is 0. The van der Waals surface area contributed by atoms with Crippen LogP contribution in [0.15, 0.2) is 21.6 Å². The van der Waals surface area contributed by atoms with Crippen molar-refractivity contribution in [3.05, 3.63) is 11.4 Å². The van der Waals surface area contributed by atoms with Crippen LogP contribution in [0.4, 0.5) is 4.79 Å². The number of amides is 1. The van der Waals surface area contributed by atoms with Gasteiger partial charge in [0.2, 0.25) is 0 Å². The van der Waals surface area contributed by atoms with Crippen LogP contribution < -0.4 is 0 Å². The van der Waals surface area contributed by atoms with Crippen LogP contribution in [0.25, 0.3) is 0 Å². The highest BCUT2D eigenvalue weighted by Crippen LogP contribution is 2.37. The molecule has 0 atom stereocenters. The number of ether oxygens (including phenoxy) is 1. The highest BCUT2D eigenvalue weighted by Gasteiger charge is 2.39. The predicted octanol–water partition coefficient (Wildman–Crippen LogP) is 3.98. The molecule has 0 aromatic heterocycles. The average molecular weight is 309 g/mol. The molecular weight excluding hydrogens is 282 g/mol. The molecule has 0 radical (unpaired) electrons. The van der Waals surface area contributed by atoms with Crippen molar-refractivity contribution in [3.63, 3.8) is 0 Å². The zero-order valence-electron chi connectivity index (χ0n) is 13.7. The van der Waals surface area contributed by atoms with Gasteiger partial charge >= 0.3 is 6.09 Å². The standard InChI is InChI=1S/C15H27N3O2Si/c1-5-6-11-20-14(19)18-9-7-15(8-10-18)12-13(16-17-15)21(2,3)4/h12H,5-11H2,1-4H3. The lowest BCUT2D eigenvalue weighted by atomic mass is 9.89. The van der Waals surface area contributed by atoms with Crippen LogP contribution in [0.5, 0.6) is 0 Å². The van der Waals surface area contributed by atoms with Crippen LogP contribution in [-0.2, 0) is 4.74 Å². The summed E-state index contributed by atoms with van der Waals surface area (Å²) in [6.45, 7) is 10.9. The van der Waals surface area contributed by atoms with Crippen molar-refractivity contribution in [1.29, 1.82) is 0 Å². The Morgan fingerprint density at radius 2 is 2.05 bits per heavy atom. The Kier molecular flexibility index (Phi) is 4.86. The molecule has 21 heavy (non-hydrogen) atoms. The van der Waals surface area contributed by atoms with Gasteiger partial charge in [-0.15, -0.1) is 0 Å². The van der Waals surface area contributed by atoms with Crippen LogP contribution >= 0.6 is 0 Å². The first-order chi connectivity index (χ1) is 9.86. The fourth-order valence-electron chi connectivity index (χ4n) is 2.55. The molecule has 1 saturated heterocycles. The summed E-state index contributed by atoms with van der Waals surface area (Å²) in [7, 11) is -1.40. The second-order valence-corrected chi connectivity index (χ2v) is 12.1. The Morgan fingerprint density at radius 3 is 2.57 bits per heavy atom. The highest BCUT2D eigenvalue weighted by molar-refractivity contribution is 6.83. The van der Waals surface area contributed by atoms with Crippen LogP contribution in [0.1, 0.15) is 32.6 Å². The summed E-state index contributed by atoms with van der Waals surface area (Å²) in [6.07, 6.45) is 5.77. The van der Waals surface area contributed by atoms with Gasteiger partial charge in [0, 0.05) is 18.4 Å². The summed E-state index contributed by atoms with van der Waals surface area (Å²) in [5, 5.41) is 10.2. The van der Waals surface area contributed by atoms with E-state index in [1.165, 1.54) is 5.32 Å². The lowest BCUT2D eigenvalue weighted by molar-refractivity contribution is 0.0872. The SMILES string of the molecule is CCCCOC(=O)N1CCC2(C=C([Si](C)(C)C)N=N2)CC1. The Balaban J connectivity index is 1.88. The summed E-state index contributed by atoms with van der Waals surface area (Å²) < 4.78 is 5.27. The normalized spacial score (nSPS) is 20.8. The second-order valence-electron chi connectivity index (χ2n) is 7.04. The molecule has 0 unspecified atom stereocenters. The number of carbonyl (C=O) groups is 1. The minimum atomic E-state index is -1.40. The molecule has 2 aliphatic heterocycles. The van der Waals surface area contributed by atoms with Gasteiger partial charge in [-0.3, -0.25) is 0 Å². The lowest BCUT2D eigenvalue weighted by Gasteiger charge is -2.34. The lowest BCUT2D eigenvalue weighted by Crippen LogP contribution is -2.44. The quantitative estimate of drug-likeness (QED) is 0.582. The van der Waals surface area contributed by atoms with E-state index in [1.54, 1.807) is 4.90 Å². The van der Waals surface area contributed by atoms with Crippen LogP contribution in [-0.4, -0.2) is 44.3 Å². The molecule has 0 N–H and O–H groups in total. The number of carbonyl (C=O) groups excluding carboxylic acids is 1. The number of nitrogens with zero attached hydrogens (tertiary/aromatic N) is 3. The zero-order valence-corrected chi connectivity index (χ0v) is 14.7. The monoisotopic (exact) mass is 309 g/mol. The van der Waals surface area contributed by atoms with Crippen LogP contribution in [0.2, 0.25) is 19.6 Å². The molecule has 0 saturated carbocycles. The molecule has 0 bridgehead atoms. The molecular formula is C15H27N3O2Si. The number of rotatable bonds is 4. The molecule has 0 aliphatic carbocycles. The van der Waals surface area contributed by atoms with E-state index in [0.717, 1.165) is 25.7 Å². The molecule has 2 aliphatic rings. The summed E-state index contributed by atoms with van der Waals surface area (Å²) in [5.74, 6) is 0. The van der Waals surface area contributed by atoms with E-state index in [1.807, 2.05) is 0 Å². The van der Waals surface area contributed by atoms with Gasteiger partial charge in [-0.1, -0.05) is 33.0 Å². The number of hydrogen-bond donors (Lipinski definition) is 0. The summed E-state index contributed by atoms with van der Waals surface area (Å²) in [4.78, 5) is 13.7.